The highest BCUT2D eigenvalue weighted by molar-refractivity contribution is 6.29. The lowest BCUT2D eigenvalue weighted by molar-refractivity contribution is 0.114. The molecule has 3 aromatic rings. The molecule has 3 heterocycles. The number of hydrogen-bond acceptors (Lipinski definition) is 4. The van der Waals surface area contributed by atoms with E-state index in [2.05, 4.69) is 22.0 Å². The highest BCUT2D eigenvalue weighted by Gasteiger charge is 2.18. The molecule has 1 fully saturated rings. The fourth-order valence-electron chi connectivity index (χ4n) is 3.07. The number of fused-ring (bicyclic) bond motifs is 1. The molecular weight excluding hydrogens is 324 g/mol. The van der Waals surface area contributed by atoms with Gasteiger partial charge in [0.15, 0.2) is 5.65 Å². The molecule has 1 aromatic carbocycles. The molecule has 0 bridgehead atoms. The second-order valence-corrected chi connectivity index (χ2v) is 6.61. The molecule has 1 aliphatic rings. The van der Waals surface area contributed by atoms with Crippen molar-refractivity contribution in [2.24, 2.45) is 0 Å². The molecule has 0 amide bonds. The first-order valence-corrected chi connectivity index (χ1v) is 8.53. The lowest BCUT2D eigenvalue weighted by Gasteiger charge is -2.29. The monoisotopic (exact) mass is 342 g/mol. The number of likely N-dealkylation sites (tertiary alicyclic amines) is 1. The Morgan fingerprint density at radius 2 is 2.00 bits per heavy atom. The third kappa shape index (κ3) is 3.09. The Morgan fingerprint density at radius 1 is 1.17 bits per heavy atom. The Balaban J connectivity index is 1.61. The predicted octanol–water partition coefficient (Wildman–Crippen LogP) is 3.52. The number of rotatable bonds is 3. The zero-order chi connectivity index (χ0) is 16.5. The summed E-state index contributed by atoms with van der Waals surface area (Å²) in [6.07, 6.45) is 4.22. The van der Waals surface area contributed by atoms with Crippen molar-refractivity contribution in [3.63, 3.8) is 0 Å². The zero-order valence-electron chi connectivity index (χ0n) is 13.5. The van der Waals surface area contributed by atoms with Crippen molar-refractivity contribution in [1.29, 1.82) is 0 Å². The lowest BCUT2D eigenvalue weighted by Crippen LogP contribution is -2.35. The average Bonchev–Trinajstić information content (AvgIpc) is 3.00. The molecule has 0 unspecified atom stereocenters. The van der Waals surface area contributed by atoms with Crippen LogP contribution in [-0.4, -0.2) is 45.7 Å². The maximum atomic E-state index is 6.18. The average molecular weight is 343 g/mol. The van der Waals surface area contributed by atoms with Crippen LogP contribution in [0.5, 0.6) is 5.75 Å². The maximum Gasteiger partial charge on any atom is 0.154 e. The van der Waals surface area contributed by atoms with Crippen molar-refractivity contribution in [2.45, 2.75) is 18.9 Å². The van der Waals surface area contributed by atoms with E-state index < -0.39 is 0 Å². The van der Waals surface area contributed by atoms with Crippen LogP contribution >= 0.6 is 11.6 Å². The molecule has 0 N–H and O–H groups in total. The first kappa shape index (κ1) is 15.4. The van der Waals surface area contributed by atoms with Crippen LogP contribution in [-0.2, 0) is 0 Å². The first-order chi connectivity index (χ1) is 11.7. The van der Waals surface area contributed by atoms with Gasteiger partial charge in [0.05, 0.1) is 11.9 Å². The van der Waals surface area contributed by atoms with Gasteiger partial charge in [-0.3, -0.25) is 0 Å². The predicted molar refractivity (Wildman–Crippen MR) is 94.6 cm³/mol. The SMILES string of the molecule is CN1CCC(Oc2cccc(-c3cnc4ccc(Cl)nn34)c2)CC1. The summed E-state index contributed by atoms with van der Waals surface area (Å²) < 4.78 is 7.94. The third-order valence-electron chi connectivity index (χ3n) is 4.43. The van der Waals surface area contributed by atoms with Gasteiger partial charge in [-0.25, -0.2) is 9.50 Å². The molecule has 4 rings (SSSR count). The molecule has 1 aliphatic heterocycles. The quantitative estimate of drug-likeness (QED) is 0.730. The van der Waals surface area contributed by atoms with Crippen molar-refractivity contribution in [3.8, 4) is 17.0 Å². The van der Waals surface area contributed by atoms with Gasteiger partial charge in [-0.15, -0.1) is 0 Å². The normalized spacial score (nSPS) is 16.6. The number of benzene rings is 1. The van der Waals surface area contributed by atoms with E-state index in [0.717, 1.165) is 48.6 Å². The molecule has 0 aliphatic carbocycles. The summed E-state index contributed by atoms with van der Waals surface area (Å²) >= 11 is 6.02. The summed E-state index contributed by atoms with van der Waals surface area (Å²) in [6.45, 7) is 2.17. The molecule has 0 atom stereocenters. The van der Waals surface area contributed by atoms with Crippen LogP contribution in [0.3, 0.4) is 0 Å². The van der Waals surface area contributed by atoms with Gasteiger partial charge in [0.25, 0.3) is 0 Å². The summed E-state index contributed by atoms with van der Waals surface area (Å²) in [5.41, 5.74) is 2.69. The topological polar surface area (TPSA) is 42.7 Å². The van der Waals surface area contributed by atoms with E-state index in [9.17, 15) is 0 Å². The van der Waals surface area contributed by atoms with Gasteiger partial charge in [-0.05, 0) is 44.2 Å². The van der Waals surface area contributed by atoms with Crippen molar-refractivity contribution in [2.75, 3.05) is 20.1 Å². The van der Waals surface area contributed by atoms with Gasteiger partial charge in [-0.1, -0.05) is 23.7 Å². The Kier molecular flexibility index (Phi) is 4.12. The lowest BCUT2D eigenvalue weighted by atomic mass is 10.1. The van der Waals surface area contributed by atoms with Crippen LogP contribution in [0.4, 0.5) is 0 Å². The minimum atomic E-state index is 0.284. The van der Waals surface area contributed by atoms with E-state index in [1.54, 1.807) is 10.6 Å². The molecule has 24 heavy (non-hydrogen) atoms. The van der Waals surface area contributed by atoms with E-state index in [-0.39, 0.29) is 6.10 Å². The third-order valence-corrected chi connectivity index (χ3v) is 4.63. The number of imidazole rings is 1. The number of halogens is 1. The number of ether oxygens (including phenoxy) is 1. The smallest absolute Gasteiger partial charge is 0.154 e. The van der Waals surface area contributed by atoms with Crippen LogP contribution in [0, 0.1) is 0 Å². The summed E-state index contributed by atoms with van der Waals surface area (Å²) in [5.74, 6) is 0.888. The van der Waals surface area contributed by atoms with Crippen LogP contribution in [0.15, 0.2) is 42.6 Å². The number of aromatic nitrogens is 3. The highest BCUT2D eigenvalue weighted by Crippen LogP contribution is 2.26. The summed E-state index contributed by atoms with van der Waals surface area (Å²) in [7, 11) is 2.15. The minimum Gasteiger partial charge on any atom is -0.490 e. The minimum absolute atomic E-state index is 0.284. The number of nitrogens with zero attached hydrogens (tertiary/aromatic N) is 4. The van der Waals surface area contributed by atoms with E-state index >= 15 is 0 Å². The van der Waals surface area contributed by atoms with Crippen molar-refractivity contribution in [1.82, 2.24) is 19.5 Å². The maximum absolute atomic E-state index is 6.18. The van der Waals surface area contributed by atoms with Gasteiger partial charge in [-0.2, -0.15) is 5.10 Å². The second-order valence-electron chi connectivity index (χ2n) is 6.22. The van der Waals surface area contributed by atoms with Gasteiger partial charge in [0, 0.05) is 18.7 Å². The standard InChI is InChI=1S/C18H19ClN4O/c1-22-9-7-14(8-10-22)24-15-4-2-3-13(11-15)16-12-20-18-6-5-17(19)21-23(16)18/h2-6,11-12,14H,7-10H2,1H3. The molecule has 5 nitrogen and oxygen atoms in total. The molecule has 0 radical (unpaired) electrons. The largest absolute Gasteiger partial charge is 0.490 e. The van der Waals surface area contributed by atoms with Gasteiger partial charge in [0.1, 0.15) is 17.0 Å². The van der Waals surface area contributed by atoms with E-state index in [0.29, 0.717) is 5.15 Å². The van der Waals surface area contributed by atoms with Gasteiger partial charge in [0.2, 0.25) is 0 Å². The fourth-order valence-corrected chi connectivity index (χ4v) is 3.21. The van der Waals surface area contributed by atoms with Crippen LogP contribution in [0.1, 0.15) is 12.8 Å². The van der Waals surface area contributed by atoms with Gasteiger partial charge >= 0.3 is 0 Å². The van der Waals surface area contributed by atoms with Crippen molar-refractivity contribution >= 4 is 17.2 Å². The van der Waals surface area contributed by atoms with Gasteiger partial charge < -0.3 is 9.64 Å². The second kappa shape index (κ2) is 6.42. The Hall–Kier alpha value is -2.11. The molecule has 2 aromatic heterocycles. The Morgan fingerprint density at radius 3 is 2.83 bits per heavy atom. The summed E-state index contributed by atoms with van der Waals surface area (Å²) in [6, 6.07) is 11.7. The van der Waals surface area contributed by atoms with Crippen molar-refractivity contribution in [3.05, 3.63) is 47.7 Å². The molecule has 1 saturated heterocycles. The Labute approximate surface area is 145 Å². The Bertz CT molecular complexity index is 855. The van der Waals surface area contributed by atoms with Crippen LogP contribution in [0.25, 0.3) is 16.9 Å². The first-order valence-electron chi connectivity index (χ1n) is 8.15. The van der Waals surface area contributed by atoms with E-state index in [1.807, 2.05) is 36.5 Å². The van der Waals surface area contributed by atoms with Crippen molar-refractivity contribution < 1.29 is 4.74 Å². The van der Waals surface area contributed by atoms with Crippen LogP contribution < -0.4 is 4.74 Å². The zero-order valence-corrected chi connectivity index (χ0v) is 14.3. The van der Waals surface area contributed by atoms with E-state index in [1.165, 1.54) is 0 Å². The fraction of sp³-hybridized carbons (Fsp3) is 0.333. The summed E-state index contributed by atoms with van der Waals surface area (Å²) in [4.78, 5) is 6.72. The molecule has 124 valence electrons. The molecular formula is C18H19ClN4O. The molecule has 0 spiro atoms. The number of hydrogen-bond donors (Lipinski definition) is 0. The van der Waals surface area contributed by atoms with Crippen LogP contribution in [0.2, 0.25) is 5.15 Å². The molecule has 6 heteroatoms. The molecule has 0 saturated carbocycles. The summed E-state index contributed by atoms with van der Waals surface area (Å²) in [5, 5.41) is 4.78. The van der Waals surface area contributed by atoms with E-state index in [4.69, 9.17) is 16.3 Å². The number of piperidine rings is 1. The highest BCUT2D eigenvalue weighted by atomic mass is 35.5.